The van der Waals surface area contributed by atoms with Crippen LogP contribution in [0.4, 0.5) is 21.5 Å². The fraction of sp³-hybridized carbons (Fsp3) is 0.172. The van der Waals surface area contributed by atoms with Gasteiger partial charge in [0, 0.05) is 42.1 Å². The van der Waals surface area contributed by atoms with Gasteiger partial charge in [0.15, 0.2) is 0 Å². The summed E-state index contributed by atoms with van der Waals surface area (Å²) in [5, 5.41) is 5.99. The molecule has 4 rings (SSSR count). The Morgan fingerprint density at radius 2 is 1.59 bits per heavy atom. The van der Waals surface area contributed by atoms with Crippen molar-refractivity contribution >= 4 is 34.9 Å². The zero-order valence-electron chi connectivity index (χ0n) is 20.5. The number of ether oxygens (including phenoxy) is 1. The standard InChI is InChI=1S/C29H30FN5O2/c1-21(33-25-10-12-27(13-11-25)35-16-18-37-19-17-35)32-15-14-28(31)23-4-8-26(9-5-23)34-29(36)20-22-2-6-24(30)7-3-22/h2-15,33H,1,16-20,31H2,(H,34,36)/b28-14-,32-15-. The number of carbonyl (C=O) groups is 1. The second-order valence-electron chi connectivity index (χ2n) is 8.55. The summed E-state index contributed by atoms with van der Waals surface area (Å²) in [6.45, 7) is 7.23. The van der Waals surface area contributed by atoms with E-state index in [0.717, 1.165) is 48.8 Å². The number of allylic oxidation sites excluding steroid dienone is 1. The van der Waals surface area contributed by atoms with Crippen LogP contribution in [0, 0.1) is 5.82 Å². The van der Waals surface area contributed by atoms with Gasteiger partial charge < -0.3 is 26.0 Å². The van der Waals surface area contributed by atoms with E-state index in [1.807, 2.05) is 24.3 Å². The van der Waals surface area contributed by atoms with Crippen LogP contribution in [-0.2, 0) is 16.0 Å². The number of aliphatic imine (C=N–C) groups is 1. The molecular formula is C29H30FN5O2. The first-order valence-electron chi connectivity index (χ1n) is 12.0. The number of nitrogens with two attached hydrogens (primary N) is 1. The van der Waals surface area contributed by atoms with Crippen LogP contribution in [0.5, 0.6) is 0 Å². The van der Waals surface area contributed by atoms with Crippen molar-refractivity contribution in [3.05, 3.63) is 108 Å². The second kappa shape index (κ2) is 12.5. The summed E-state index contributed by atoms with van der Waals surface area (Å²) in [7, 11) is 0. The van der Waals surface area contributed by atoms with Gasteiger partial charge in [0.25, 0.3) is 0 Å². The third-order valence-corrected chi connectivity index (χ3v) is 5.80. The highest BCUT2D eigenvalue weighted by molar-refractivity contribution is 5.92. The molecule has 0 atom stereocenters. The van der Waals surface area contributed by atoms with Crippen LogP contribution in [0.1, 0.15) is 11.1 Å². The SMILES string of the molecule is C=C(/N=C\C=C(/N)c1ccc(NC(=O)Cc2ccc(F)cc2)cc1)Nc1ccc(N2CCOCC2)cc1. The number of halogens is 1. The Morgan fingerprint density at radius 1 is 0.973 bits per heavy atom. The zero-order chi connectivity index (χ0) is 26.0. The molecule has 190 valence electrons. The highest BCUT2D eigenvalue weighted by atomic mass is 19.1. The van der Waals surface area contributed by atoms with Gasteiger partial charge in [-0.1, -0.05) is 30.8 Å². The molecule has 7 nitrogen and oxygen atoms in total. The molecule has 8 heteroatoms. The summed E-state index contributed by atoms with van der Waals surface area (Å²) in [5.41, 5.74) is 10.9. The number of anilines is 3. The molecule has 1 aliphatic rings. The lowest BCUT2D eigenvalue weighted by Gasteiger charge is -2.28. The Kier molecular flexibility index (Phi) is 8.67. The van der Waals surface area contributed by atoms with Crippen molar-refractivity contribution in [2.75, 3.05) is 41.8 Å². The maximum absolute atomic E-state index is 13.0. The fourth-order valence-corrected chi connectivity index (χ4v) is 3.82. The van der Waals surface area contributed by atoms with Gasteiger partial charge in [-0.05, 0) is 65.7 Å². The minimum atomic E-state index is -0.328. The Hall–Kier alpha value is -4.43. The van der Waals surface area contributed by atoms with Gasteiger partial charge in [0.05, 0.1) is 19.6 Å². The van der Waals surface area contributed by atoms with Crippen molar-refractivity contribution in [1.82, 2.24) is 0 Å². The number of morpholine rings is 1. The molecule has 0 spiro atoms. The molecule has 4 N–H and O–H groups in total. The summed E-state index contributed by atoms with van der Waals surface area (Å²) in [6, 6.07) is 21.2. The normalized spacial score (nSPS) is 14.0. The largest absolute Gasteiger partial charge is 0.398 e. The Bertz CT molecular complexity index is 1260. The minimum Gasteiger partial charge on any atom is -0.398 e. The van der Waals surface area contributed by atoms with Crippen LogP contribution in [0.2, 0.25) is 0 Å². The predicted molar refractivity (Wildman–Crippen MR) is 148 cm³/mol. The first-order chi connectivity index (χ1) is 18.0. The molecule has 0 radical (unpaired) electrons. The molecule has 1 fully saturated rings. The van der Waals surface area contributed by atoms with E-state index in [2.05, 4.69) is 39.2 Å². The topological polar surface area (TPSA) is 92.0 Å². The molecule has 0 aliphatic carbocycles. The van der Waals surface area contributed by atoms with Crippen molar-refractivity contribution in [3.63, 3.8) is 0 Å². The summed E-state index contributed by atoms with van der Waals surface area (Å²) in [4.78, 5) is 18.8. The van der Waals surface area contributed by atoms with Crippen molar-refractivity contribution in [3.8, 4) is 0 Å². The Morgan fingerprint density at radius 3 is 2.27 bits per heavy atom. The average molecular weight is 500 g/mol. The smallest absolute Gasteiger partial charge is 0.228 e. The van der Waals surface area contributed by atoms with E-state index in [9.17, 15) is 9.18 Å². The zero-order valence-corrected chi connectivity index (χ0v) is 20.5. The molecule has 3 aromatic rings. The van der Waals surface area contributed by atoms with E-state index in [0.29, 0.717) is 17.2 Å². The highest BCUT2D eigenvalue weighted by Gasteiger charge is 2.10. The summed E-state index contributed by atoms with van der Waals surface area (Å²) in [5.74, 6) is -0.0236. The van der Waals surface area contributed by atoms with Crippen molar-refractivity contribution in [1.29, 1.82) is 0 Å². The van der Waals surface area contributed by atoms with Crippen LogP contribution in [0.15, 0.2) is 96.3 Å². The molecule has 0 aromatic heterocycles. The van der Waals surface area contributed by atoms with E-state index in [1.54, 1.807) is 36.6 Å². The van der Waals surface area contributed by atoms with Gasteiger partial charge in [-0.25, -0.2) is 9.38 Å². The van der Waals surface area contributed by atoms with Gasteiger partial charge in [0.2, 0.25) is 5.91 Å². The van der Waals surface area contributed by atoms with Crippen LogP contribution in [-0.4, -0.2) is 38.4 Å². The maximum atomic E-state index is 13.0. The van der Waals surface area contributed by atoms with Crippen molar-refractivity contribution in [2.45, 2.75) is 6.42 Å². The molecule has 37 heavy (non-hydrogen) atoms. The predicted octanol–water partition coefficient (Wildman–Crippen LogP) is 4.80. The van der Waals surface area contributed by atoms with E-state index < -0.39 is 0 Å². The molecule has 3 aromatic carbocycles. The van der Waals surface area contributed by atoms with Crippen molar-refractivity contribution in [2.24, 2.45) is 10.7 Å². The number of rotatable bonds is 9. The fourth-order valence-electron chi connectivity index (χ4n) is 3.82. The van der Waals surface area contributed by atoms with Crippen LogP contribution < -0.4 is 21.3 Å². The molecule has 0 unspecified atom stereocenters. The molecule has 1 amide bonds. The quantitative estimate of drug-likeness (QED) is 0.368. The average Bonchev–Trinajstić information content (AvgIpc) is 2.91. The summed E-state index contributed by atoms with van der Waals surface area (Å²) in [6.07, 6.45) is 3.44. The first kappa shape index (κ1) is 25.7. The summed E-state index contributed by atoms with van der Waals surface area (Å²) >= 11 is 0. The lowest BCUT2D eigenvalue weighted by atomic mass is 10.1. The van der Waals surface area contributed by atoms with E-state index in [4.69, 9.17) is 10.5 Å². The van der Waals surface area contributed by atoms with Crippen LogP contribution in [0.25, 0.3) is 5.70 Å². The molecule has 1 heterocycles. The third kappa shape index (κ3) is 7.78. The van der Waals surface area contributed by atoms with E-state index >= 15 is 0 Å². The number of hydrogen-bond donors (Lipinski definition) is 3. The van der Waals surface area contributed by atoms with Gasteiger partial charge in [0.1, 0.15) is 11.6 Å². The van der Waals surface area contributed by atoms with Gasteiger partial charge in [-0.2, -0.15) is 0 Å². The molecule has 1 saturated heterocycles. The minimum absolute atomic E-state index is 0.163. The van der Waals surface area contributed by atoms with Crippen LogP contribution in [0.3, 0.4) is 0 Å². The molecule has 0 saturated carbocycles. The Labute approximate surface area is 216 Å². The highest BCUT2D eigenvalue weighted by Crippen LogP contribution is 2.20. The lowest BCUT2D eigenvalue weighted by Crippen LogP contribution is -2.36. The Balaban J connectivity index is 1.25. The molecule has 0 bridgehead atoms. The first-order valence-corrected chi connectivity index (χ1v) is 12.0. The summed E-state index contributed by atoms with van der Waals surface area (Å²) < 4.78 is 18.4. The van der Waals surface area contributed by atoms with Gasteiger partial charge in [-0.3, -0.25) is 4.79 Å². The molecular weight excluding hydrogens is 469 g/mol. The number of carbonyl (C=O) groups excluding carboxylic acids is 1. The lowest BCUT2D eigenvalue weighted by molar-refractivity contribution is -0.115. The number of benzene rings is 3. The monoisotopic (exact) mass is 499 g/mol. The number of amides is 1. The number of nitrogens with zero attached hydrogens (tertiary/aromatic N) is 2. The van der Waals surface area contributed by atoms with Crippen LogP contribution >= 0.6 is 0 Å². The molecule has 1 aliphatic heterocycles. The van der Waals surface area contributed by atoms with E-state index in [1.165, 1.54) is 12.1 Å². The third-order valence-electron chi connectivity index (χ3n) is 5.80. The van der Waals surface area contributed by atoms with Gasteiger partial charge in [-0.15, -0.1) is 0 Å². The maximum Gasteiger partial charge on any atom is 0.228 e. The second-order valence-corrected chi connectivity index (χ2v) is 8.55. The number of hydrogen-bond acceptors (Lipinski definition) is 6. The van der Waals surface area contributed by atoms with Crippen molar-refractivity contribution < 1.29 is 13.9 Å². The number of nitrogens with one attached hydrogen (secondary N) is 2. The van der Waals surface area contributed by atoms with Gasteiger partial charge >= 0.3 is 0 Å². The van der Waals surface area contributed by atoms with E-state index in [-0.39, 0.29) is 18.1 Å².